The first-order valence-electron chi connectivity index (χ1n) is 18.5. The SMILES string of the molecule is c1ccc(-c2nc(-c3ccc(-c4c5ccccc5cc5c4ccc4ccccc45)cc3)cc(-c3ccc4c5ccccc5c5ccccc5c4c3)n2)cc1. The Morgan fingerprint density at radius 3 is 1.43 bits per heavy atom. The maximum absolute atomic E-state index is 5.20. The average Bonchev–Trinajstić information content (AvgIpc) is 3.25. The fourth-order valence-electron chi connectivity index (χ4n) is 8.47. The summed E-state index contributed by atoms with van der Waals surface area (Å²) in [5, 5.41) is 15.1. The normalized spacial score (nSPS) is 11.7. The van der Waals surface area contributed by atoms with Crippen molar-refractivity contribution in [1.82, 2.24) is 9.97 Å². The van der Waals surface area contributed by atoms with Gasteiger partial charge in [-0.05, 0) is 94.0 Å². The summed E-state index contributed by atoms with van der Waals surface area (Å²) in [5.41, 5.74) is 7.33. The van der Waals surface area contributed by atoms with Gasteiger partial charge in [0.05, 0.1) is 11.4 Å². The van der Waals surface area contributed by atoms with Gasteiger partial charge in [0.15, 0.2) is 5.82 Å². The molecule has 0 bridgehead atoms. The standard InChI is InChI=1S/C52H32N2/c1-2-13-36(14-3-1)52-53-49(32-50(54-52)38-27-28-45-43-20-9-8-18-41(43)42-19-10-11-21-44(42)48(45)31-38)34-22-24-35(25-23-34)51-40-17-7-5-15-37(40)30-47-39-16-6-4-12-33(39)26-29-46(47)51/h1-32H. The second-order valence-corrected chi connectivity index (χ2v) is 14.1. The Balaban J connectivity index is 1.09. The van der Waals surface area contributed by atoms with Gasteiger partial charge in [0.1, 0.15) is 0 Å². The fraction of sp³-hybridized carbons (Fsp3) is 0. The van der Waals surface area contributed by atoms with Crippen molar-refractivity contribution in [1.29, 1.82) is 0 Å². The predicted molar refractivity (Wildman–Crippen MR) is 229 cm³/mol. The van der Waals surface area contributed by atoms with Crippen LogP contribution in [0.15, 0.2) is 194 Å². The Labute approximate surface area is 312 Å². The quantitative estimate of drug-likeness (QED) is 0.136. The van der Waals surface area contributed by atoms with Crippen LogP contribution in [0.4, 0.5) is 0 Å². The number of rotatable bonds is 4. The van der Waals surface area contributed by atoms with Gasteiger partial charge in [0.25, 0.3) is 0 Å². The zero-order valence-corrected chi connectivity index (χ0v) is 29.4. The molecule has 2 nitrogen and oxygen atoms in total. The fourth-order valence-corrected chi connectivity index (χ4v) is 8.47. The highest BCUT2D eigenvalue weighted by Gasteiger charge is 2.16. The summed E-state index contributed by atoms with van der Waals surface area (Å²) in [4.78, 5) is 10.4. The van der Waals surface area contributed by atoms with E-state index in [1.807, 2.05) is 18.2 Å². The number of hydrogen-bond acceptors (Lipinski definition) is 2. The number of nitrogens with zero attached hydrogens (tertiary/aromatic N) is 2. The average molecular weight is 685 g/mol. The number of fused-ring (bicyclic) bond motifs is 10. The zero-order valence-electron chi connectivity index (χ0n) is 29.4. The van der Waals surface area contributed by atoms with Gasteiger partial charge in [0, 0.05) is 16.7 Å². The van der Waals surface area contributed by atoms with E-state index in [-0.39, 0.29) is 0 Å². The van der Waals surface area contributed by atoms with E-state index in [1.54, 1.807) is 0 Å². The second-order valence-electron chi connectivity index (χ2n) is 14.1. The smallest absolute Gasteiger partial charge is 0.160 e. The monoisotopic (exact) mass is 684 g/mol. The highest BCUT2D eigenvalue weighted by molar-refractivity contribution is 6.26. The summed E-state index contributed by atoms with van der Waals surface area (Å²) >= 11 is 0. The molecule has 0 saturated carbocycles. The molecule has 0 radical (unpaired) electrons. The molecule has 0 saturated heterocycles. The summed E-state index contributed by atoms with van der Waals surface area (Å²) in [6.07, 6.45) is 0. The molecule has 11 rings (SSSR count). The molecule has 0 spiro atoms. The molecule has 0 aliphatic rings. The summed E-state index contributed by atoms with van der Waals surface area (Å²) in [5.74, 6) is 0.711. The van der Waals surface area contributed by atoms with Gasteiger partial charge in [-0.2, -0.15) is 0 Å². The van der Waals surface area contributed by atoms with Gasteiger partial charge >= 0.3 is 0 Å². The van der Waals surface area contributed by atoms with Gasteiger partial charge in [0.2, 0.25) is 0 Å². The second kappa shape index (κ2) is 12.2. The van der Waals surface area contributed by atoms with E-state index in [0.717, 1.165) is 28.1 Å². The first kappa shape index (κ1) is 30.5. The minimum absolute atomic E-state index is 0.711. The summed E-state index contributed by atoms with van der Waals surface area (Å²) in [7, 11) is 0. The van der Waals surface area contributed by atoms with E-state index in [1.165, 1.54) is 75.8 Å². The molecular formula is C52H32N2. The molecule has 0 amide bonds. The largest absolute Gasteiger partial charge is 0.228 e. The predicted octanol–water partition coefficient (Wildman–Crippen LogP) is 14.1. The van der Waals surface area contributed by atoms with Crippen molar-refractivity contribution in [3.05, 3.63) is 194 Å². The van der Waals surface area contributed by atoms with Crippen LogP contribution in [0.2, 0.25) is 0 Å². The molecule has 10 aromatic carbocycles. The van der Waals surface area contributed by atoms with E-state index < -0.39 is 0 Å². The lowest BCUT2D eigenvalue weighted by molar-refractivity contribution is 1.18. The van der Waals surface area contributed by atoms with Crippen LogP contribution in [-0.2, 0) is 0 Å². The van der Waals surface area contributed by atoms with Gasteiger partial charge in [-0.15, -0.1) is 0 Å². The molecule has 0 aliphatic heterocycles. The van der Waals surface area contributed by atoms with E-state index in [4.69, 9.17) is 9.97 Å². The molecule has 11 aromatic rings. The molecule has 1 aromatic heterocycles. The van der Waals surface area contributed by atoms with Crippen molar-refractivity contribution >= 4 is 64.6 Å². The van der Waals surface area contributed by atoms with Gasteiger partial charge in [-0.25, -0.2) is 9.97 Å². The van der Waals surface area contributed by atoms with Crippen LogP contribution in [0.3, 0.4) is 0 Å². The Kier molecular flexibility index (Phi) is 6.90. The van der Waals surface area contributed by atoms with E-state index >= 15 is 0 Å². The third kappa shape index (κ3) is 4.88. The van der Waals surface area contributed by atoms with E-state index in [2.05, 4.69) is 176 Å². The molecule has 250 valence electrons. The maximum atomic E-state index is 5.20. The van der Waals surface area contributed by atoms with Crippen molar-refractivity contribution in [3.63, 3.8) is 0 Å². The summed E-state index contributed by atoms with van der Waals surface area (Å²) < 4.78 is 0. The van der Waals surface area contributed by atoms with Crippen molar-refractivity contribution in [2.45, 2.75) is 0 Å². The third-order valence-corrected chi connectivity index (χ3v) is 11.0. The van der Waals surface area contributed by atoms with Crippen LogP contribution < -0.4 is 0 Å². The number of benzene rings is 10. The Morgan fingerprint density at radius 2 is 0.722 bits per heavy atom. The lowest BCUT2D eigenvalue weighted by Gasteiger charge is -2.15. The molecule has 2 heteroatoms. The third-order valence-electron chi connectivity index (χ3n) is 11.0. The Bertz CT molecular complexity index is 3220. The van der Waals surface area contributed by atoms with Crippen molar-refractivity contribution in [3.8, 4) is 45.0 Å². The van der Waals surface area contributed by atoms with Crippen LogP contribution in [0, 0.1) is 0 Å². The van der Waals surface area contributed by atoms with Crippen LogP contribution in [0.1, 0.15) is 0 Å². The molecule has 0 atom stereocenters. The van der Waals surface area contributed by atoms with Crippen LogP contribution >= 0.6 is 0 Å². The Morgan fingerprint density at radius 1 is 0.241 bits per heavy atom. The van der Waals surface area contributed by atoms with Crippen molar-refractivity contribution < 1.29 is 0 Å². The lowest BCUT2D eigenvalue weighted by atomic mass is 9.89. The summed E-state index contributed by atoms with van der Waals surface area (Å²) in [6.45, 7) is 0. The maximum Gasteiger partial charge on any atom is 0.160 e. The molecule has 0 N–H and O–H groups in total. The van der Waals surface area contributed by atoms with Gasteiger partial charge in [-0.1, -0.05) is 176 Å². The van der Waals surface area contributed by atoms with Crippen LogP contribution in [0.25, 0.3) is 110 Å². The molecular weight excluding hydrogens is 653 g/mol. The topological polar surface area (TPSA) is 25.8 Å². The molecule has 54 heavy (non-hydrogen) atoms. The van der Waals surface area contributed by atoms with Crippen molar-refractivity contribution in [2.75, 3.05) is 0 Å². The number of aromatic nitrogens is 2. The van der Waals surface area contributed by atoms with Gasteiger partial charge < -0.3 is 0 Å². The minimum atomic E-state index is 0.711. The zero-order chi connectivity index (χ0) is 35.6. The van der Waals surface area contributed by atoms with Crippen molar-refractivity contribution in [2.24, 2.45) is 0 Å². The summed E-state index contributed by atoms with van der Waals surface area (Å²) in [6, 6.07) is 69.9. The first-order valence-corrected chi connectivity index (χ1v) is 18.5. The molecule has 0 aliphatic carbocycles. The first-order chi connectivity index (χ1) is 26.8. The molecule has 1 heterocycles. The van der Waals surface area contributed by atoms with Gasteiger partial charge in [-0.3, -0.25) is 0 Å². The van der Waals surface area contributed by atoms with E-state index in [0.29, 0.717) is 5.82 Å². The van der Waals surface area contributed by atoms with Crippen LogP contribution in [0.5, 0.6) is 0 Å². The number of hydrogen-bond donors (Lipinski definition) is 0. The minimum Gasteiger partial charge on any atom is -0.228 e. The lowest BCUT2D eigenvalue weighted by Crippen LogP contribution is -1.96. The van der Waals surface area contributed by atoms with E-state index in [9.17, 15) is 0 Å². The molecule has 0 unspecified atom stereocenters. The highest BCUT2D eigenvalue weighted by atomic mass is 14.9. The molecule has 0 fully saturated rings. The highest BCUT2D eigenvalue weighted by Crippen LogP contribution is 2.41. The van der Waals surface area contributed by atoms with Crippen LogP contribution in [-0.4, -0.2) is 9.97 Å². The Hall–Kier alpha value is -7.16.